The molecule has 0 spiro atoms. The fourth-order valence-corrected chi connectivity index (χ4v) is 8.85. The topological polar surface area (TPSA) is 219 Å². The van der Waals surface area contributed by atoms with E-state index in [4.69, 9.17) is 4.74 Å². The molecule has 2 unspecified atom stereocenters. The Morgan fingerprint density at radius 1 is 0.581 bits per heavy atom. The van der Waals surface area contributed by atoms with Crippen LogP contribution < -0.4 is 4.74 Å². The maximum atomic E-state index is 12.7. The molecule has 62 heavy (non-hydrogen) atoms. The number of benzene rings is 2. The van der Waals surface area contributed by atoms with Crippen LogP contribution in [0.4, 0.5) is 0 Å². The molecular formula is C50H74O12. The Morgan fingerprint density at radius 2 is 1.06 bits per heavy atom. The third kappa shape index (κ3) is 14.0. The molecule has 2 aromatic carbocycles. The van der Waals surface area contributed by atoms with Gasteiger partial charge in [-0.3, -0.25) is 19.2 Å². The number of aliphatic carboxylic acids is 4. The van der Waals surface area contributed by atoms with Gasteiger partial charge in [0.1, 0.15) is 11.5 Å². The summed E-state index contributed by atoms with van der Waals surface area (Å²) in [5.41, 5.74) is 0.614. The van der Waals surface area contributed by atoms with Crippen molar-refractivity contribution in [3.8, 4) is 23.0 Å². The average Bonchev–Trinajstić information content (AvgIpc) is 4.14. The summed E-state index contributed by atoms with van der Waals surface area (Å²) in [6, 6.07) is 6.94. The number of phenols is 3. The number of phenolic OH excluding ortho intramolecular Hbond substituents is 3. The lowest BCUT2D eigenvalue weighted by molar-refractivity contribution is -0.148. The summed E-state index contributed by atoms with van der Waals surface area (Å²) in [6.45, 7) is 6.95. The Labute approximate surface area is 368 Å². The summed E-state index contributed by atoms with van der Waals surface area (Å²) in [6.07, 6.45) is 17.9. The van der Waals surface area contributed by atoms with E-state index in [0.717, 1.165) is 131 Å². The molecule has 7 N–H and O–H groups in total. The van der Waals surface area contributed by atoms with Crippen LogP contribution in [0.5, 0.6) is 23.0 Å². The molecule has 2 fully saturated rings. The van der Waals surface area contributed by atoms with E-state index >= 15 is 0 Å². The van der Waals surface area contributed by atoms with Gasteiger partial charge in [0.25, 0.3) is 0 Å². The monoisotopic (exact) mass is 867 g/mol. The Hall–Kier alpha value is -4.48. The van der Waals surface area contributed by atoms with Crippen molar-refractivity contribution in [2.75, 3.05) is 0 Å². The zero-order valence-corrected chi connectivity index (χ0v) is 37.7. The van der Waals surface area contributed by atoms with E-state index in [-0.39, 0.29) is 23.0 Å². The number of hydrogen-bond acceptors (Lipinski definition) is 8. The van der Waals surface area contributed by atoms with Crippen LogP contribution in [0, 0.1) is 21.7 Å². The third-order valence-corrected chi connectivity index (χ3v) is 14.0. The highest BCUT2D eigenvalue weighted by Crippen LogP contribution is 2.54. The van der Waals surface area contributed by atoms with Crippen LogP contribution >= 0.6 is 0 Å². The SMILES string of the molecule is CC(C)(CCCCCCc1cc(OC2CC2(CCCCCc2ccc(O)c(O)c2CCCCCCC(C)(C)C(=O)O)C(=O)O)c(O)cc1CCCCCC1(C(=O)O)CC1)C(=O)O. The Kier molecular flexibility index (Phi) is 18.0. The van der Waals surface area contributed by atoms with Crippen LogP contribution in [0.1, 0.15) is 185 Å². The molecule has 0 radical (unpaired) electrons. The lowest BCUT2D eigenvalue weighted by atomic mass is 9.87. The zero-order valence-electron chi connectivity index (χ0n) is 37.7. The fraction of sp³-hybridized carbons (Fsp3) is 0.680. The van der Waals surface area contributed by atoms with Gasteiger partial charge >= 0.3 is 23.9 Å². The number of hydrogen-bond donors (Lipinski definition) is 7. The fourth-order valence-electron chi connectivity index (χ4n) is 8.85. The van der Waals surface area contributed by atoms with Crippen molar-refractivity contribution in [3.63, 3.8) is 0 Å². The van der Waals surface area contributed by atoms with Gasteiger partial charge in [-0.05, 0) is 152 Å². The summed E-state index contributed by atoms with van der Waals surface area (Å²) >= 11 is 0. The summed E-state index contributed by atoms with van der Waals surface area (Å²) in [5, 5.41) is 70.8. The van der Waals surface area contributed by atoms with E-state index in [1.165, 1.54) is 6.07 Å². The largest absolute Gasteiger partial charge is 0.504 e. The quantitative estimate of drug-likeness (QED) is 0.0270. The highest BCUT2D eigenvalue weighted by atomic mass is 16.5. The predicted octanol–water partition coefficient (Wildman–Crippen LogP) is 11.0. The minimum absolute atomic E-state index is 0.0243. The van der Waals surface area contributed by atoms with Crippen LogP contribution in [-0.2, 0) is 44.9 Å². The third-order valence-electron chi connectivity index (χ3n) is 14.0. The molecule has 0 saturated heterocycles. The van der Waals surface area contributed by atoms with Crippen LogP contribution in [0.3, 0.4) is 0 Å². The second-order valence-corrected chi connectivity index (χ2v) is 19.8. The van der Waals surface area contributed by atoms with E-state index in [9.17, 15) is 54.9 Å². The second kappa shape index (κ2) is 22.2. The first-order chi connectivity index (χ1) is 29.2. The van der Waals surface area contributed by atoms with Crippen LogP contribution in [-0.4, -0.2) is 65.7 Å². The highest BCUT2D eigenvalue weighted by molar-refractivity contribution is 5.79. The number of carboxylic acid groups (broad SMARTS) is 4. The first kappa shape index (κ1) is 50.2. The molecule has 2 aromatic rings. The molecule has 346 valence electrons. The normalized spacial score (nSPS) is 18.0. The number of aryl methyl sites for hydroxylation is 3. The molecule has 2 aliphatic rings. The Morgan fingerprint density at radius 3 is 1.58 bits per heavy atom. The van der Waals surface area contributed by atoms with E-state index < -0.39 is 51.6 Å². The van der Waals surface area contributed by atoms with Crippen molar-refractivity contribution in [2.45, 2.75) is 194 Å². The number of unbranched alkanes of at least 4 members (excludes halogenated alkanes) is 10. The van der Waals surface area contributed by atoms with E-state index in [0.29, 0.717) is 51.4 Å². The summed E-state index contributed by atoms with van der Waals surface area (Å²) in [7, 11) is 0. The molecule has 0 heterocycles. The zero-order chi connectivity index (χ0) is 45.7. The first-order valence-corrected chi connectivity index (χ1v) is 23.2. The molecule has 0 bridgehead atoms. The standard InChI is InChI=1S/C50H74O12/c1-47(2,43(54)55)25-15-7-5-11-21-36-32-40(39(52)31-35(36)20-13-9-17-27-49(29-30-49)45(58)59)62-41-33-50(41,46(60)61)28-18-10-12-19-34-23-24-38(51)42(53)37(34)22-14-6-8-16-26-48(3,4)44(56)57/h23-24,31-32,41,51-53H,5-22,25-30,33H2,1-4H3,(H,54,55)(H,56,57)(H,58,59)(H,60,61). The summed E-state index contributed by atoms with van der Waals surface area (Å²) in [4.78, 5) is 47.1. The average molecular weight is 867 g/mol. The number of ether oxygens (including phenoxy) is 1. The molecule has 2 atom stereocenters. The van der Waals surface area contributed by atoms with Gasteiger partial charge in [0.15, 0.2) is 23.0 Å². The van der Waals surface area contributed by atoms with E-state index in [1.807, 2.05) is 12.1 Å². The van der Waals surface area contributed by atoms with E-state index in [2.05, 4.69) is 0 Å². The van der Waals surface area contributed by atoms with Crippen molar-refractivity contribution >= 4 is 23.9 Å². The van der Waals surface area contributed by atoms with Gasteiger partial charge < -0.3 is 40.5 Å². The van der Waals surface area contributed by atoms with Crippen LogP contribution in [0.25, 0.3) is 0 Å². The van der Waals surface area contributed by atoms with Crippen LogP contribution in [0.15, 0.2) is 24.3 Å². The van der Waals surface area contributed by atoms with Gasteiger partial charge in [-0.15, -0.1) is 0 Å². The first-order valence-electron chi connectivity index (χ1n) is 23.2. The van der Waals surface area contributed by atoms with Gasteiger partial charge in [-0.1, -0.05) is 70.3 Å². The van der Waals surface area contributed by atoms with Crippen molar-refractivity contribution in [3.05, 3.63) is 46.5 Å². The van der Waals surface area contributed by atoms with Gasteiger partial charge in [0.2, 0.25) is 0 Å². The minimum atomic E-state index is -1.05. The Bertz CT molecular complexity index is 1840. The smallest absolute Gasteiger partial charge is 0.313 e. The van der Waals surface area contributed by atoms with Gasteiger partial charge in [0.05, 0.1) is 16.2 Å². The number of carboxylic acids is 4. The molecule has 0 aliphatic heterocycles. The maximum absolute atomic E-state index is 12.7. The molecular weight excluding hydrogens is 793 g/mol. The summed E-state index contributed by atoms with van der Waals surface area (Å²) < 4.78 is 6.28. The molecule has 4 rings (SSSR count). The lowest BCUT2D eigenvalue weighted by Gasteiger charge is -2.19. The molecule has 2 saturated carbocycles. The van der Waals surface area contributed by atoms with Crippen molar-refractivity contribution in [1.29, 1.82) is 0 Å². The molecule has 2 aliphatic carbocycles. The van der Waals surface area contributed by atoms with Crippen LogP contribution in [0.2, 0.25) is 0 Å². The minimum Gasteiger partial charge on any atom is -0.504 e. The molecule has 0 aromatic heterocycles. The number of aromatic hydroxyl groups is 3. The van der Waals surface area contributed by atoms with Gasteiger partial charge in [0, 0.05) is 12.0 Å². The van der Waals surface area contributed by atoms with E-state index in [1.54, 1.807) is 33.8 Å². The Balaban J connectivity index is 1.30. The van der Waals surface area contributed by atoms with Gasteiger partial charge in [-0.2, -0.15) is 0 Å². The predicted molar refractivity (Wildman–Crippen MR) is 237 cm³/mol. The van der Waals surface area contributed by atoms with Gasteiger partial charge in [-0.25, -0.2) is 0 Å². The van der Waals surface area contributed by atoms with Crippen molar-refractivity contribution < 1.29 is 59.7 Å². The molecule has 12 nitrogen and oxygen atoms in total. The summed E-state index contributed by atoms with van der Waals surface area (Å²) in [5.74, 6) is -3.23. The maximum Gasteiger partial charge on any atom is 0.313 e. The number of rotatable bonds is 32. The highest BCUT2D eigenvalue weighted by Gasteiger charge is 2.62. The van der Waals surface area contributed by atoms with Crippen molar-refractivity contribution in [1.82, 2.24) is 0 Å². The van der Waals surface area contributed by atoms with Crippen molar-refractivity contribution in [2.24, 2.45) is 21.7 Å². The lowest BCUT2D eigenvalue weighted by Crippen LogP contribution is -2.23. The molecule has 12 heteroatoms. The molecule has 0 amide bonds. The second-order valence-electron chi connectivity index (χ2n) is 19.8. The number of carbonyl (C=O) groups is 4.